The molecule has 1 atom stereocenters. The molecule has 6 nitrogen and oxygen atoms in total. The SMILES string of the molecule is CN(C)C(=O)C1=CC(CO[Si](C)(C)C(C)(C)C)N(C(=O)OC(C)(C)C)CC1. The Labute approximate surface area is 166 Å². The van der Waals surface area contributed by atoms with Crippen LogP contribution in [0.15, 0.2) is 11.6 Å². The number of amides is 2. The Morgan fingerprint density at radius 1 is 1.19 bits per heavy atom. The maximum Gasteiger partial charge on any atom is 0.410 e. The molecule has 1 unspecified atom stereocenters. The van der Waals surface area contributed by atoms with E-state index >= 15 is 0 Å². The van der Waals surface area contributed by atoms with Crippen LogP contribution < -0.4 is 0 Å². The second-order valence-electron chi connectivity index (χ2n) is 9.95. The van der Waals surface area contributed by atoms with Crippen molar-refractivity contribution in [2.45, 2.75) is 77.7 Å². The van der Waals surface area contributed by atoms with Gasteiger partial charge in [0.25, 0.3) is 0 Å². The van der Waals surface area contributed by atoms with Crippen LogP contribution in [-0.4, -0.2) is 69.0 Å². The van der Waals surface area contributed by atoms with Crippen LogP contribution in [0.1, 0.15) is 48.0 Å². The average Bonchev–Trinajstić information content (AvgIpc) is 2.49. The molecule has 0 fully saturated rings. The highest BCUT2D eigenvalue weighted by Gasteiger charge is 2.39. The van der Waals surface area contributed by atoms with E-state index in [9.17, 15) is 9.59 Å². The van der Waals surface area contributed by atoms with Crippen LogP contribution >= 0.6 is 0 Å². The summed E-state index contributed by atoms with van der Waals surface area (Å²) in [6.07, 6.45) is 2.04. The van der Waals surface area contributed by atoms with Gasteiger partial charge in [-0.3, -0.25) is 9.69 Å². The first-order chi connectivity index (χ1) is 12.0. The van der Waals surface area contributed by atoms with Gasteiger partial charge < -0.3 is 14.1 Å². The summed E-state index contributed by atoms with van der Waals surface area (Å²) in [5.74, 6) is -0.0174. The smallest absolute Gasteiger partial charge is 0.410 e. The number of carbonyl (C=O) groups excluding carboxylic acids is 2. The number of nitrogens with zero attached hydrogens (tertiary/aromatic N) is 2. The normalized spacial score (nSPS) is 18.8. The van der Waals surface area contributed by atoms with Gasteiger partial charge in [-0.1, -0.05) is 26.8 Å². The lowest BCUT2D eigenvalue weighted by Gasteiger charge is -2.40. The van der Waals surface area contributed by atoms with Crippen molar-refractivity contribution < 1.29 is 18.8 Å². The zero-order valence-corrected chi connectivity index (χ0v) is 19.8. The highest BCUT2D eigenvalue weighted by molar-refractivity contribution is 6.74. The van der Waals surface area contributed by atoms with Gasteiger partial charge in [-0.2, -0.15) is 0 Å². The van der Waals surface area contributed by atoms with Crippen LogP contribution in [0.2, 0.25) is 18.1 Å². The minimum atomic E-state index is -1.97. The standard InChI is InChI=1S/C20H38N2O4Si/c1-19(2,3)26-18(24)22-12-11-15(17(23)21(7)8)13-16(22)14-25-27(9,10)20(4,5)6/h13,16H,11-12,14H2,1-10H3. The molecule has 0 aromatic rings. The molecular weight excluding hydrogens is 360 g/mol. The average molecular weight is 399 g/mol. The van der Waals surface area contributed by atoms with Gasteiger partial charge in [-0.05, 0) is 45.3 Å². The Bertz CT molecular complexity index is 586. The molecular formula is C20H38N2O4Si. The van der Waals surface area contributed by atoms with Crippen LogP contribution in [-0.2, 0) is 14.0 Å². The van der Waals surface area contributed by atoms with E-state index in [1.54, 1.807) is 23.9 Å². The van der Waals surface area contributed by atoms with Crippen molar-refractivity contribution in [3.8, 4) is 0 Å². The van der Waals surface area contributed by atoms with E-state index in [2.05, 4.69) is 33.9 Å². The van der Waals surface area contributed by atoms with Crippen LogP contribution in [0, 0.1) is 0 Å². The Balaban J connectivity index is 3.07. The molecule has 0 spiro atoms. The predicted octanol–water partition coefficient (Wildman–Crippen LogP) is 4.03. The van der Waals surface area contributed by atoms with Gasteiger partial charge >= 0.3 is 6.09 Å². The molecule has 0 aromatic heterocycles. The first kappa shape index (κ1) is 23.7. The Kier molecular flexibility index (Phi) is 7.33. The lowest BCUT2D eigenvalue weighted by Crippen LogP contribution is -2.50. The molecule has 1 aliphatic heterocycles. The third-order valence-corrected chi connectivity index (χ3v) is 9.65. The van der Waals surface area contributed by atoms with E-state index in [1.807, 2.05) is 26.8 Å². The van der Waals surface area contributed by atoms with Crippen LogP contribution in [0.3, 0.4) is 0 Å². The van der Waals surface area contributed by atoms with Crippen molar-refractivity contribution in [3.05, 3.63) is 11.6 Å². The van der Waals surface area contributed by atoms with Crippen LogP contribution in [0.5, 0.6) is 0 Å². The van der Waals surface area contributed by atoms with Crippen molar-refractivity contribution in [2.75, 3.05) is 27.2 Å². The topological polar surface area (TPSA) is 59.1 Å². The number of ether oxygens (including phenoxy) is 1. The molecule has 0 radical (unpaired) electrons. The summed E-state index contributed by atoms with van der Waals surface area (Å²) >= 11 is 0. The zero-order chi connectivity index (χ0) is 21.2. The first-order valence-electron chi connectivity index (χ1n) is 9.61. The highest BCUT2D eigenvalue weighted by Crippen LogP contribution is 2.37. The van der Waals surface area contributed by atoms with Crippen molar-refractivity contribution >= 4 is 20.3 Å². The van der Waals surface area contributed by atoms with E-state index in [0.29, 0.717) is 19.6 Å². The first-order valence-corrected chi connectivity index (χ1v) is 12.5. The van der Waals surface area contributed by atoms with Crippen molar-refractivity contribution in [1.29, 1.82) is 0 Å². The van der Waals surface area contributed by atoms with Gasteiger partial charge in [0.2, 0.25) is 5.91 Å². The number of rotatable bonds is 4. The Morgan fingerprint density at radius 3 is 2.19 bits per heavy atom. The van der Waals surface area contributed by atoms with Gasteiger partial charge in [0.15, 0.2) is 8.32 Å². The maximum atomic E-state index is 12.7. The molecule has 0 bridgehead atoms. The maximum absolute atomic E-state index is 12.7. The van der Waals surface area contributed by atoms with Crippen LogP contribution in [0.25, 0.3) is 0 Å². The van der Waals surface area contributed by atoms with Crippen molar-refractivity contribution in [1.82, 2.24) is 9.80 Å². The summed E-state index contributed by atoms with van der Waals surface area (Å²) in [5, 5.41) is 0.0738. The van der Waals surface area contributed by atoms with Gasteiger partial charge in [0.05, 0.1) is 12.6 Å². The molecule has 156 valence electrons. The summed E-state index contributed by atoms with van der Waals surface area (Å²) in [7, 11) is 1.51. The Morgan fingerprint density at radius 2 is 1.74 bits per heavy atom. The lowest BCUT2D eigenvalue weighted by molar-refractivity contribution is -0.125. The fourth-order valence-corrected chi connectivity index (χ4v) is 3.49. The highest BCUT2D eigenvalue weighted by atomic mass is 28.4. The lowest BCUT2D eigenvalue weighted by atomic mass is 10.0. The molecule has 1 aliphatic rings. The van der Waals surface area contributed by atoms with Crippen LogP contribution in [0.4, 0.5) is 4.79 Å². The number of likely N-dealkylation sites (N-methyl/N-ethyl adjacent to an activating group) is 1. The summed E-state index contributed by atoms with van der Waals surface area (Å²) in [6, 6.07) is -0.304. The second-order valence-corrected chi connectivity index (χ2v) is 14.8. The Hall–Kier alpha value is -1.34. The van der Waals surface area contributed by atoms with Gasteiger partial charge in [0, 0.05) is 26.2 Å². The minimum Gasteiger partial charge on any atom is -0.444 e. The molecule has 0 aliphatic carbocycles. The summed E-state index contributed by atoms with van der Waals surface area (Å²) in [4.78, 5) is 28.3. The molecule has 0 aromatic carbocycles. The number of hydrogen-bond donors (Lipinski definition) is 0. The molecule has 7 heteroatoms. The fourth-order valence-electron chi connectivity index (χ4n) is 2.47. The van der Waals surface area contributed by atoms with Gasteiger partial charge in [-0.25, -0.2) is 4.79 Å². The molecule has 27 heavy (non-hydrogen) atoms. The largest absolute Gasteiger partial charge is 0.444 e. The van der Waals surface area contributed by atoms with Gasteiger partial charge in [-0.15, -0.1) is 0 Å². The molecule has 1 heterocycles. The number of hydrogen-bond acceptors (Lipinski definition) is 4. The van der Waals surface area contributed by atoms with Crippen molar-refractivity contribution in [3.63, 3.8) is 0 Å². The monoisotopic (exact) mass is 398 g/mol. The van der Waals surface area contributed by atoms with Crippen molar-refractivity contribution in [2.24, 2.45) is 0 Å². The molecule has 2 amide bonds. The number of carbonyl (C=O) groups is 2. The summed E-state index contributed by atoms with van der Waals surface area (Å²) < 4.78 is 11.9. The third kappa shape index (κ3) is 6.64. The fraction of sp³-hybridized carbons (Fsp3) is 0.800. The van der Waals surface area contributed by atoms with E-state index in [4.69, 9.17) is 9.16 Å². The summed E-state index contributed by atoms with van der Waals surface area (Å²) in [6.45, 7) is 17.3. The summed E-state index contributed by atoms with van der Waals surface area (Å²) in [5.41, 5.74) is 0.161. The molecule has 0 N–H and O–H groups in total. The van der Waals surface area contributed by atoms with E-state index in [0.717, 1.165) is 5.57 Å². The predicted molar refractivity (Wildman–Crippen MR) is 111 cm³/mol. The van der Waals surface area contributed by atoms with Gasteiger partial charge in [0.1, 0.15) is 5.60 Å². The quantitative estimate of drug-likeness (QED) is 0.671. The third-order valence-electron chi connectivity index (χ3n) is 5.15. The molecule has 0 saturated carbocycles. The minimum absolute atomic E-state index is 0.0174. The second kappa shape index (κ2) is 8.35. The molecule has 1 rings (SSSR count). The van der Waals surface area contributed by atoms with E-state index in [1.165, 1.54) is 0 Å². The van der Waals surface area contributed by atoms with E-state index < -0.39 is 13.9 Å². The van der Waals surface area contributed by atoms with E-state index in [-0.39, 0.29) is 23.1 Å². The zero-order valence-electron chi connectivity index (χ0n) is 18.8. The molecule has 0 saturated heterocycles.